The average Bonchev–Trinajstić information content (AvgIpc) is 2.90. The van der Waals surface area contributed by atoms with Crippen molar-refractivity contribution in [3.05, 3.63) is 49.1 Å². The molecule has 3 aromatic rings. The van der Waals surface area contributed by atoms with Gasteiger partial charge in [-0.1, -0.05) is 0 Å². The first-order valence-electron chi connectivity index (χ1n) is 12.1. The molecule has 2 aliphatic rings. The van der Waals surface area contributed by atoms with Crippen molar-refractivity contribution < 1.29 is 9.90 Å². The molecule has 10 heteroatoms. The Morgan fingerprint density at radius 3 is 2.57 bits per heavy atom. The van der Waals surface area contributed by atoms with Crippen LogP contribution in [0.4, 0.5) is 23.1 Å². The van der Waals surface area contributed by atoms with Crippen molar-refractivity contribution in [2.75, 3.05) is 41.7 Å². The molecular weight excluding hydrogens is 444 g/mol. The van der Waals surface area contributed by atoms with Crippen LogP contribution in [-0.2, 0) is 4.79 Å². The summed E-state index contributed by atoms with van der Waals surface area (Å²) < 4.78 is 0. The number of hydrogen-bond donors (Lipinski definition) is 4. The first kappa shape index (κ1) is 23.0. The highest BCUT2D eigenvalue weighted by atomic mass is 16.4. The van der Waals surface area contributed by atoms with Crippen molar-refractivity contribution >= 4 is 29.1 Å². The summed E-state index contributed by atoms with van der Waals surface area (Å²) in [4.78, 5) is 31.5. The van der Waals surface area contributed by atoms with E-state index in [0.29, 0.717) is 24.5 Å². The second kappa shape index (κ2) is 10.6. The van der Waals surface area contributed by atoms with Crippen LogP contribution in [0, 0.1) is 5.92 Å². The third-order valence-corrected chi connectivity index (χ3v) is 6.57. The first-order valence-corrected chi connectivity index (χ1v) is 12.1. The van der Waals surface area contributed by atoms with Gasteiger partial charge in [-0.05, 0) is 43.9 Å². The van der Waals surface area contributed by atoms with E-state index >= 15 is 0 Å². The summed E-state index contributed by atoms with van der Waals surface area (Å²) in [7, 11) is 0. The Hall–Kier alpha value is -3.79. The average molecular weight is 475 g/mol. The molecule has 0 amide bonds. The Labute approximate surface area is 204 Å². The van der Waals surface area contributed by atoms with Crippen molar-refractivity contribution in [1.29, 1.82) is 0 Å². The van der Waals surface area contributed by atoms with Crippen molar-refractivity contribution in [2.45, 2.75) is 31.7 Å². The van der Waals surface area contributed by atoms with Gasteiger partial charge in [-0.3, -0.25) is 9.78 Å². The van der Waals surface area contributed by atoms with Crippen molar-refractivity contribution in [2.24, 2.45) is 5.92 Å². The number of aromatic nitrogens is 4. The van der Waals surface area contributed by atoms with Gasteiger partial charge in [0.25, 0.3) is 0 Å². The third kappa shape index (κ3) is 5.83. The summed E-state index contributed by atoms with van der Waals surface area (Å²) in [6.45, 7) is 3.73. The molecule has 4 heterocycles. The second-order valence-electron chi connectivity index (χ2n) is 9.01. The fourth-order valence-electron chi connectivity index (χ4n) is 4.69. The molecule has 3 aromatic heterocycles. The van der Waals surface area contributed by atoms with Crippen LogP contribution in [0.2, 0.25) is 0 Å². The minimum Gasteiger partial charge on any atom is -0.481 e. The molecule has 10 nitrogen and oxygen atoms in total. The van der Waals surface area contributed by atoms with Crippen LogP contribution in [0.15, 0.2) is 49.1 Å². The molecule has 0 bridgehead atoms. The van der Waals surface area contributed by atoms with Crippen LogP contribution in [0.5, 0.6) is 0 Å². The predicted molar refractivity (Wildman–Crippen MR) is 135 cm³/mol. The number of nitrogens with one attached hydrogen (secondary N) is 3. The number of carboxylic acids is 1. The van der Waals surface area contributed by atoms with E-state index in [1.807, 2.05) is 24.4 Å². The molecule has 0 spiro atoms. The molecule has 35 heavy (non-hydrogen) atoms. The maximum Gasteiger partial charge on any atom is 0.306 e. The summed E-state index contributed by atoms with van der Waals surface area (Å²) in [6, 6.07) is 8.28. The summed E-state index contributed by atoms with van der Waals surface area (Å²) in [5.41, 5.74) is 2.73. The van der Waals surface area contributed by atoms with Crippen LogP contribution in [0.25, 0.3) is 11.3 Å². The molecule has 0 unspecified atom stereocenters. The maximum absolute atomic E-state index is 11.3. The van der Waals surface area contributed by atoms with Gasteiger partial charge in [-0.2, -0.15) is 0 Å². The van der Waals surface area contributed by atoms with Crippen LogP contribution in [0.3, 0.4) is 0 Å². The highest BCUT2D eigenvalue weighted by Crippen LogP contribution is 2.31. The standard InChI is InChI=1S/C25H30N8O2/c34-25(35)17-1-3-19(4-2-17)30-20-14-21(31-22(15-20)32-23-16-27-7-8-28-23)18-5-6-29-24(13-18)33-11-9-26-10-12-33/h5-8,13-17,19,26H,1-4,9-12H2,(H,34,35)(H2,28,30,31,32). The van der Waals surface area contributed by atoms with E-state index in [0.717, 1.165) is 61.8 Å². The van der Waals surface area contributed by atoms with Crippen molar-refractivity contribution in [1.82, 2.24) is 25.3 Å². The van der Waals surface area contributed by atoms with Crippen LogP contribution < -0.4 is 20.9 Å². The molecule has 2 fully saturated rings. The lowest BCUT2D eigenvalue weighted by molar-refractivity contribution is -0.142. The smallest absolute Gasteiger partial charge is 0.306 e. The van der Waals surface area contributed by atoms with Crippen LogP contribution in [0.1, 0.15) is 25.7 Å². The molecule has 0 atom stereocenters. The zero-order valence-corrected chi connectivity index (χ0v) is 19.5. The quantitative estimate of drug-likeness (QED) is 0.405. The normalized spacial score (nSPS) is 20.3. The van der Waals surface area contributed by atoms with Crippen LogP contribution in [-0.4, -0.2) is 63.2 Å². The number of nitrogens with zero attached hydrogens (tertiary/aromatic N) is 5. The molecule has 1 saturated carbocycles. The van der Waals surface area contributed by atoms with Gasteiger partial charge in [0, 0.05) is 68.1 Å². The van der Waals surface area contributed by atoms with Gasteiger partial charge in [0.1, 0.15) is 17.5 Å². The van der Waals surface area contributed by atoms with E-state index in [1.165, 1.54) is 0 Å². The van der Waals surface area contributed by atoms with E-state index in [2.05, 4.69) is 41.9 Å². The fourth-order valence-corrected chi connectivity index (χ4v) is 4.69. The van der Waals surface area contributed by atoms with Gasteiger partial charge in [0.2, 0.25) is 0 Å². The molecular formula is C25H30N8O2. The van der Waals surface area contributed by atoms with Gasteiger partial charge in [-0.25, -0.2) is 15.0 Å². The van der Waals surface area contributed by atoms with E-state index < -0.39 is 5.97 Å². The number of piperazine rings is 1. The van der Waals surface area contributed by atoms with E-state index in [1.54, 1.807) is 18.6 Å². The fraction of sp³-hybridized carbons (Fsp3) is 0.400. The topological polar surface area (TPSA) is 128 Å². The largest absolute Gasteiger partial charge is 0.481 e. The summed E-state index contributed by atoms with van der Waals surface area (Å²) in [6.07, 6.45) is 9.77. The molecule has 1 aliphatic heterocycles. The highest BCUT2D eigenvalue weighted by molar-refractivity contribution is 5.72. The summed E-state index contributed by atoms with van der Waals surface area (Å²) in [5.74, 6) is 1.28. The minimum atomic E-state index is -0.692. The zero-order chi connectivity index (χ0) is 24.0. The maximum atomic E-state index is 11.3. The summed E-state index contributed by atoms with van der Waals surface area (Å²) >= 11 is 0. The van der Waals surface area contributed by atoms with Gasteiger partial charge in [-0.15, -0.1) is 0 Å². The lowest BCUT2D eigenvalue weighted by atomic mass is 9.86. The number of hydrogen-bond acceptors (Lipinski definition) is 9. The Kier molecular flexibility index (Phi) is 6.99. The molecule has 1 aliphatic carbocycles. The van der Waals surface area contributed by atoms with Crippen LogP contribution >= 0.6 is 0 Å². The lowest BCUT2D eigenvalue weighted by Crippen LogP contribution is -2.43. The number of aliphatic carboxylic acids is 1. The van der Waals surface area contributed by atoms with E-state index in [-0.39, 0.29) is 12.0 Å². The van der Waals surface area contributed by atoms with Gasteiger partial charge < -0.3 is 26.0 Å². The number of pyridine rings is 2. The molecule has 5 rings (SSSR count). The Morgan fingerprint density at radius 1 is 1.00 bits per heavy atom. The molecule has 182 valence electrons. The number of anilines is 4. The minimum absolute atomic E-state index is 0.221. The Morgan fingerprint density at radius 2 is 1.83 bits per heavy atom. The second-order valence-corrected chi connectivity index (χ2v) is 9.01. The Bertz CT molecular complexity index is 1150. The number of carboxylic acid groups (broad SMARTS) is 1. The Balaban J connectivity index is 1.41. The van der Waals surface area contributed by atoms with E-state index in [4.69, 9.17) is 4.98 Å². The molecule has 1 saturated heterocycles. The summed E-state index contributed by atoms with van der Waals surface area (Å²) in [5, 5.41) is 19.6. The van der Waals surface area contributed by atoms with Gasteiger partial charge in [0.15, 0.2) is 0 Å². The monoisotopic (exact) mass is 474 g/mol. The molecule has 0 aromatic carbocycles. The van der Waals surface area contributed by atoms with Crippen molar-refractivity contribution in [3.63, 3.8) is 0 Å². The van der Waals surface area contributed by atoms with Gasteiger partial charge >= 0.3 is 5.97 Å². The number of carbonyl (C=O) groups is 1. The zero-order valence-electron chi connectivity index (χ0n) is 19.5. The van der Waals surface area contributed by atoms with E-state index in [9.17, 15) is 9.90 Å². The predicted octanol–water partition coefficient (Wildman–Crippen LogP) is 3.14. The van der Waals surface area contributed by atoms with Crippen molar-refractivity contribution in [3.8, 4) is 11.3 Å². The number of rotatable bonds is 7. The molecule has 0 radical (unpaired) electrons. The lowest BCUT2D eigenvalue weighted by Gasteiger charge is -2.29. The molecule has 4 N–H and O–H groups in total. The third-order valence-electron chi connectivity index (χ3n) is 6.57. The SMILES string of the molecule is O=C(O)C1CCC(Nc2cc(Nc3cnccn3)nc(-c3ccnc(N4CCNCC4)c3)c2)CC1. The van der Waals surface area contributed by atoms with Gasteiger partial charge in [0.05, 0.1) is 17.8 Å². The first-order chi connectivity index (χ1) is 17.1. The highest BCUT2D eigenvalue weighted by Gasteiger charge is 2.26.